The third kappa shape index (κ3) is 1.80. The molecule has 92 valence electrons. The van der Waals surface area contributed by atoms with Crippen LogP contribution in [0.1, 0.15) is 25.3 Å². The van der Waals surface area contributed by atoms with Crippen LogP contribution >= 0.6 is 0 Å². The molecule has 0 heterocycles. The topological polar surface area (TPSA) is 69.2 Å². The molecule has 0 unspecified atom stereocenters. The van der Waals surface area contributed by atoms with E-state index < -0.39 is 16.4 Å². The van der Waals surface area contributed by atoms with Crippen molar-refractivity contribution in [3.63, 3.8) is 0 Å². The second-order valence-corrected chi connectivity index (χ2v) is 5.11. The van der Waals surface area contributed by atoms with E-state index in [2.05, 4.69) is 13.8 Å². The van der Waals surface area contributed by atoms with Gasteiger partial charge < -0.3 is 5.73 Å². The molecule has 1 saturated carbocycles. The maximum absolute atomic E-state index is 13.5. The first-order valence-electron chi connectivity index (χ1n) is 5.53. The Morgan fingerprint density at radius 1 is 1.53 bits per heavy atom. The van der Waals surface area contributed by atoms with Gasteiger partial charge in [-0.3, -0.25) is 10.1 Å². The molecule has 0 aliphatic heterocycles. The summed E-state index contributed by atoms with van der Waals surface area (Å²) in [5.41, 5.74) is 6.03. The quantitative estimate of drug-likeness (QED) is 0.649. The van der Waals surface area contributed by atoms with Crippen LogP contribution in [-0.2, 0) is 0 Å². The number of rotatable bonds is 3. The summed E-state index contributed by atoms with van der Waals surface area (Å²) in [7, 11) is 0. The van der Waals surface area contributed by atoms with E-state index in [4.69, 9.17) is 5.73 Å². The van der Waals surface area contributed by atoms with E-state index in [0.717, 1.165) is 5.56 Å². The van der Waals surface area contributed by atoms with Crippen molar-refractivity contribution in [2.45, 2.75) is 19.8 Å². The zero-order chi connectivity index (χ0) is 12.8. The van der Waals surface area contributed by atoms with Gasteiger partial charge in [-0.05, 0) is 35.4 Å². The van der Waals surface area contributed by atoms with Crippen molar-refractivity contribution in [3.8, 4) is 0 Å². The van der Waals surface area contributed by atoms with Gasteiger partial charge >= 0.3 is 5.69 Å². The maximum Gasteiger partial charge on any atom is 0.304 e. The number of nitrogens with two attached hydrogens (primary N) is 1. The van der Waals surface area contributed by atoms with Crippen LogP contribution in [0.5, 0.6) is 0 Å². The predicted molar refractivity (Wildman–Crippen MR) is 62.1 cm³/mol. The van der Waals surface area contributed by atoms with Gasteiger partial charge in [-0.15, -0.1) is 0 Å². The summed E-state index contributed by atoms with van der Waals surface area (Å²) in [4.78, 5) is 9.80. The summed E-state index contributed by atoms with van der Waals surface area (Å²) < 4.78 is 13.5. The number of nitrogens with zero attached hydrogens (tertiary/aromatic N) is 1. The number of nitro benzene ring substituents is 1. The molecule has 5 heteroatoms. The smallest absolute Gasteiger partial charge is 0.304 e. The first-order valence-corrected chi connectivity index (χ1v) is 5.53. The van der Waals surface area contributed by atoms with Gasteiger partial charge in [-0.2, -0.15) is 4.39 Å². The summed E-state index contributed by atoms with van der Waals surface area (Å²) in [6.45, 7) is 4.71. The van der Waals surface area contributed by atoms with E-state index in [1.54, 1.807) is 6.07 Å². The molecule has 0 aromatic heterocycles. The van der Waals surface area contributed by atoms with Gasteiger partial charge in [0.05, 0.1) is 4.92 Å². The second-order valence-electron chi connectivity index (χ2n) is 5.11. The molecular weight excluding hydrogens is 223 g/mol. The lowest BCUT2D eigenvalue weighted by Crippen LogP contribution is -2.05. The lowest BCUT2D eigenvalue weighted by Gasteiger charge is -2.03. The fourth-order valence-electron chi connectivity index (χ4n) is 2.71. The Hall–Kier alpha value is -1.49. The van der Waals surface area contributed by atoms with Gasteiger partial charge in [-0.1, -0.05) is 19.9 Å². The number of benzene rings is 1. The van der Waals surface area contributed by atoms with Crippen LogP contribution in [0.15, 0.2) is 18.2 Å². The summed E-state index contributed by atoms with van der Waals surface area (Å²) in [6, 6.07) is 4.12. The summed E-state index contributed by atoms with van der Waals surface area (Å²) in [5.74, 6) is -0.253. The monoisotopic (exact) mass is 238 g/mol. The zero-order valence-electron chi connectivity index (χ0n) is 9.81. The molecule has 1 aromatic rings. The molecule has 0 amide bonds. The van der Waals surface area contributed by atoms with Crippen LogP contribution in [0.25, 0.3) is 0 Å². The van der Waals surface area contributed by atoms with E-state index in [-0.39, 0.29) is 11.3 Å². The van der Waals surface area contributed by atoms with Crippen LogP contribution in [0.4, 0.5) is 10.1 Å². The van der Waals surface area contributed by atoms with Crippen molar-refractivity contribution in [3.05, 3.63) is 39.7 Å². The Labute approximate surface area is 98.8 Å². The number of hydrogen-bond donors (Lipinski definition) is 1. The van der Waals surface area contributed by atoms with E-state index in [0.29, 0.717) is 12.5 Å². The Kier molecular flexibility index (Phi) is 2.66. The van der Waals surface area contributed by atoms with Crippen LogP contribution in [0.3, 0.4) is 0 Å². The van der Waals surface area contributed by atoms with Crippen molar-refractivity contribution in [2.24, 2.45) is 17.1 Å². The molecule has 0 radical (unpaired) electrons. The average Bonchev–Trinajstić information content (AvgIpc) is 2.79. The molecule has 0 saturated heterocycles. The molecule has 1 aliphatic carbocycles. The van der Waals surface area contributed by atoms with Gasteiger partial charge in [0.1, 0.15) is 0 Å². The van der Waals surface area contributed by atoms with Gasteiger partial charge in [-0.25, -0.2) is 0 Å². The van der Waals surface area contributed by atoms with Gasteiger partial charge in [0, 0.05) is 6.07 Å². The summed E-state index contributed by atoms with van der Waals surface area (Å²) in [6.07, 6.45) is 0. The van der Waals surface area contributed by atoms with E-state index in [1.165, 1.54) is 12.1 Å². The van der Waals surface area contributed by atoms with Crippen LogP contribution in [0.2, 0.25) is 0 Å². The standard InChI is InChI=1S/C12H15FN2O2/c1-12(2)8(6-14)11(12)7-3-4-10(15(16)17)9(13)5-7/h3-5,8,11H,6,14H2,1-2H3/t8-,11-/m0/s1. The van der Waals surface area contributed by atoms with E-state index in [1.807, 2.05) is 0 Å². The van der Waals surface area contributed by atoms with E-state index in [9.17, 15) is 14.5 Å². The lowest BCUT2D eigenvalue weighted by atomic mass is 10.0. The Bertz CT molecular complexity index is 474. The molecule has 2 atom stereocenters. The summed E-state index contributed by atoms with van der Waals surface area (Å²) >= 11 is 0. The molecule has 17 heavy (non-hydrogen) atoms. The SMILES string of the molecule is CC1(C)[C@@H](CN)[C@@H]1c1ccc([N+](=O)[O-])c(F)c1. The van der Waals surface area contributed by atoms with Crippen molar-refractivity contribution in [1.29, 1.82) is 0 Å². The fourth-order valence-corrected chi connectivity index (χ4v) is 2.71. The fraction of sp³-hybridized carbons (Fsp3) is 0.500. The van der Waals surface area contributed by atoms with Crippen LogP contribution in [0, 0.1) is 27.3 Å². The van der Waals surface area contributed by atoms with Crippen molar-refractivity contribution < 1.29 is 9.31 Å². The predicted octanol–water partition coefficient (Wildman–Crippen LogP) is 2.43. The van der Waals surface area contributed by atoms with Gasteiger partial charge in [0.2, 0.25) is 5.82 Å². The second kappa shape index (κ2) is 3.77. The first kappa shape index (κ1) is 12.0. The number of halogens is 1. The van der Waals surface area contributed by atoms with Gasteiger partial charge in [0.25, 0.3) is 0 Å². The Morgan fingerprint density at radius 3 is 2.59 bits per heavy atom. The third-order valence-electron chi connectivity index (χ3n) is 3.83. The number of nitro groups is 1. The van der Waals surface area contributed by atoms with Crippen molar-refractivity contribution in [2.75, 3.05) is 6.54 Å². The minimum absolute atomic E-state index is 0.0529. The molecule has 1 aliphatic rings. The maximum atomic E-state index is 13.5. The molecule has 1 aromatic carbocycles. The van der Waals surface area contributed by atoms with Crippen molar-refractivity contribution in [1.82, 2.24) is 0 Å². The third-order valence-corrected chi connectivity index (χ3v) is 3.83. The molecule has 2 rings (SSSR count). The largest absolute Gasteiger partial charge is 0.330 e. The number of hydrogen-bond acceptors (Lipinski definition) is 3. The Balaban J connectivity index is 2.31. The highest BCUT2D eigenvalue weighted by molar-refractivity contribution is 5.40. The highest BCUT2D eigenvalue weighted by Gasteiger charge is 2.57. The Morgan fingerprint density at radius 2 is 2.18 bits per heavy atom. The minimum atomic E-state index is -0.772. The minimum Gasteiger partial charge on any atom is -0.330 e. The van der Waals surface area contributed by atoms with Crippen LogP contribution < -0.4 is 5.73 Å². The summed E-state index contributed by atoms with van der Waals surface area (Å²) in [5, 5.41) is 10.5. The molecular formula is C12H15FN2O2. The molecule has 2 N–H and O–H groups in total. The molecule has 0 spiro atoms. The van der Waals surface area contributed by atoms with Crippen molar-refractivity contribution >= 4 is 5.69 Å². The highest BCUT2D eigenvalue weighted by Crippen LogP contribution is 2.63. The van der Waals surface area contributed by atoms with Crippen LogP contribution in [-0.4, -0.2) is 11.5 Å². The molecule has 0 bridgehead atoms. The average molecular weight is 238 g/mol. The zero-order valence-corrected chi connectivity index (χ0v) is 9.81. The lowest BCUT2D eigenvalue weighted by molar-refractivity contribution is -0.387. The molecule has 4 nitrogen and oxygen atoms in total. The van der Waals surface area contributed by atoms with E-state index >= 15 is 0 Å². The molecule has 1 fully saturated rings. The normalized spacial score (nSPS) is 25.6. The highest BCUT2D eigenvalue weighted by atomic mass is 19.1. The first-order chi connectivity index (χ1) is 7.89. The van der Waals surface area contributed by atoms with Gasteiger partial charge in [0.15, 0.2) is 0 Å².